The lowest BCUT2D eigenvalue weighted by molar-refractivity contribution is 0.628. The largest absolute Gasteiger partial charge is 0.355 e. The van der Waals surface area contributed by atoms with Crippen molar-refractivity contribution in [3.05, 3.63) is 72.5 Å². The third-order valence-corrected chi connectivity index (χ3v) is 2.91. The standard InChI is InChI=1S/C16H12FN/c17-13-8-10-14(11-9-13)18-16-7-3-5-12-4-1-2-6-15(12)16/h1-11,18H. The molecule has 0 saturated carbocycles. The van der Waals surface area contributed by atoms with Crippen LogP contribution in [-0.4, -0.2) is 0 Å². The van der Waals surface area contributed by atoms with Crippen LogP contribution in [0.15, 0.2) is 66.7 Å². The second-order valence-electron chi connectivity index (χ2n) is 4.16. The molecule has 0 aliphatic heterocycles. The second kappa shape index (κ2) is 4.49. The van der Waals surface area contributed by atoms with Crippen LogP contribution in [-0.2, 0) is 0 Å². The molecule has 0 aliphatic carbocycles. The molecule has 1 nitrogen and oxygen atoms in total. The summed E-state index contributed by atoms with van der Waals surface area (Å²) < 4.78 is 12.9. The van der Waals surface area contributed by atoms with Gasteiger partial charge in [-0.2, -0.15) is 0 Å². The SMILES string of the molecule is Fc1ccc(Nc2cccc3ccccc23)cc1. The molecule has 0 radical (unpaired) electrons. The van der Waals surface area contributed by atoms with Gasteiger partial charge >= 0.3 is 0 Å². The molecule has 0 unspecified atom stereocenters. The van der Waals surface area contributed by atoms with E-state index >= 15 is 0 Å². The molecule has 0 spiro atoms. The summed E-state index contributed by atoms with van der Waals surface area (Å²) in [6, 6.07) is 20.6. The van der Waals surface area contributed by atoms with Crippen LogP contribution in [0, 0.1) is 5.82 Å². The van der Waals surface area contributed by atoms with Crippen LogP contribution in [0.3, 0.4) is 0 Å². The van der Waals surface area contributed by atoms with Crippen molar-refractivity contribution in [3.63, 3.8) is 0 Å². The molecule has 3 rings (SSSR count). The summed E-state index contributed by atoms with van der Waals surface area (Å²) in [6.45, 7) is 0. The van der Waals surface area contributed by atoms with Crippen molar-refractivity contribution >= 4 is 22.1 Å². The summed E-state index contributed by atoms with van der Waals surface area (Å²) in [5.74, 6) is -0.224. The molecule has 3 aromatic carbocycles. The van der Waals surface area contributed by atoms with Crippen LogP contribution in [0.5, 0.6) is 0 Å². The number of hydrogen-bond acceptors (Lipinski definition) is 1. The molecule has 2 heteroatoms. The quantitative estimate of drug-likeness (QED) is 0.679. The molecule has 0 heterocycles. The normalized spacial score (nSPS) is 10.5. The van der Waals surface area contributed by atoms with E-state index in [4.69, 9.17) is 0 Å². The van der Waals surface area contributed by atoms with Gasteiger partial charge in [0.15, 0.2) is 0 Å². The zero-order valence-corrected chi connectivity index (χ0v) is 9.73. The molecule has 0 bridgehead atoms. The summed E-state index contributed by atoms with van der Waals surface area (Å²) in [4.78, 5) is 0. The first-order chi connectivity index (χ1) is 8.83. The van der Waals surface area contributed by atoms with Crippen molar-refractivity contribution in [3.8, 4) is 0 Å². The van der Waals surface area contributed by atoms with Crippen molar-refractivity contribution in [1.82, 2.24) is 0 Å². The predicted molar refractivity (Wildman–Crippen MR) is 73.6 cm³/mol. The highest BCUT2D eigenvalue weighted by Crippen LogP contribution is 2.26. The van der Waals surface area contributed by atoms with Crippen molar-refractivity contribution in [2.75, 3.05) is 5.32 Å². The first-order valence-electron chi connectivity index (χ1n) is 5.83. The summed E-state index contributed by atoms with van der Waals surface area (Å²) in [5, 5.41) is 5.65. The molecule has 0 atom stereocenters. The van der Waals surface area contributed by atoms with Crippen LogP contribution in [0.1, 0.15) is 0 Å². The van der Waals surface area contributed by atoms with Gasteiger partial charge in [0.25, 0.3) is 0 Å². The predicted octanol–water partition coefficient (Wildman–Crippen LogP) is 4.72. The third-order valence-electron chi connectivity index (χ3n) is 2.91. The van der Waals surface area contributed by atoms with Gasteiger partial charge in [-0.3, -0.25) is 0 Å². The van der Waals surface area contributed by atoms with E-state index in [1.54, 1.807) is 12.1 Å². The van der Waals surface area contributed by atoms with E-state index in [1.165, 1.54) is 17.5 Å². The molecule has 0 amide bonds. The summed E-state index contributed by atoms with van der Waals surface area (Å²) in [7, 11) is 0. The number of fused-ring (bicyclic) bond motifs is 1. The van der Waals surface area contributed by atoms with Crippen molar-refractivity contribution in [2.45, 2.75) is 0 Å². The minimum Gasteiger partial charge on any atom is -0.355 e. The molecule has 0 saturated heterocycles. The third kappa shape index (κ3) is 2.05. The summed E-state index contributed by atoms with van der Waals surface area (Å²) in [6.07, 6.45) is 0. The first kappa shape index (κ1) is 10.8. The van der Waals surface area contributed by atoms with Crippen LogP contribution < -0.4 is 5.32 Å². The molecule has 1 N–H and O–H groups in total. The van der Waals surface area contributed by atoms with E-state index < -0.39 is 0 Å². The zero-order valence-electron chi connectivity index (χ0n) is 9.73. The number of hydrogen-bond donors (Lipinski definition) is 1. The minimum absolute atomic E-state index is 0.224. The van der Waals surface area contributed by atoms with Gasteiger partial charge in [0.05, 0.1) is 0 Å². The Hall–Kier alpha value is -2.35. The van der Waals surface area contributed by atoms with Crippen LogP contribution in [0.2, 0.25) is 0 Å². The van der Waals surface area contributed by atoms with E-state index in [0.29, 0.717) is 0 Å². The van der Waals surface area contributed by atoms with Gasteiger partial charge in [0.1, 0.15) is 5.82 Å². The van der Waals surface area contributed by atoms with E-state index in [9.17, 15) is 4.39 Å². The van der Waals surface area contributed by atoms with E-state index in [-0.39, 0.29) is 5.82 Å². The Kier molecular flexibility index (Phi) is 2.69. The van der Waals surface area contributed by atoms with E-state index in [1.807, 2.05) is 24.3 Å². The molecular formula is C16H12FN. The first-order valence-corrected chi connectivity index (χ1v) is 5.83. The maximum Gasteiger partial charge on any atom is 0.123 e. The van der Waals surface area contributed by atoms with Crippen molar-refractivity contribution in [1.29, 1.82) is 0 Å². The summed E-state index contributed by atoms with van der Waals surface area (Å²) >= 11 is 0. The molecule has 18 heavy (non-hydrogen) atoms. The van der Waals surface area contributed by atoms with E-state index in [0.717, 1.165) is 16.8 Å². The van der Waals surface area contributed by atoms with Crippen LogP contribution in [0.4, 0.5) is 15.8 Å². The molecule has 0 aromatic heterocycles. The van der Waals surface area contributed by atoms with Gasteiger partial charge in [-0.1, -0.05) is 36.4 Å². The van der Waals surface area contributed by atoms with Gasteiger partial charge in [-0.25, -0.2) is 4.39 Å². The van der Waals surface area contributed by atoms with Gasteiger partial charge in [-0.05, 0) is 35.7 Å². The molecule has 88 valence electrons. The maximum atomic E-state index is 12.9. The molecule has 3 aromatic rings. The average Bonchev–Trinajstić information content (AvgIpc) is 2.42. The highest BCUT2D eigenvalue weighted by Gasteiger charge is 2.00. The number of anilines is 2. The van der Waals surface area contributed by atoms with Crippen molar-refractivity contribution in [2.24, 2.45) is 0 Å². The number of halogens is 1. The maximum absolute atomic E-state index is 12.9. The number of nitrogens with one attached hydrogen (secondary N) is 1. The number of benzene rings is 3. The summed E-state index contributed by atoms with van der Waals surface area (Å²) in [5.41, 5.74) is 1.91. The Balaban J connectivity index is 2.02. The lowest BCUT2D eigenvalue weighted by Crippen LogP contribution is -1.91. The van der Waals surface area contributed by atoms with Crippen LogP contribution >= 0.6 is 0 Å². The molecule has 0 aliphatic rings. The average molecular weight is 237 g/mol. The lowest BCUT2D eigenvalue weighted by atomic mass is 10.1. The minimum atomic E-state index is -0.224. The second-order valence-corrected chi connectivity index (χ2v) is 4.16. The smallest absolute Gasteiger partial charge is 0.123 e. The highest BCUT2D eigenvalue weighted by molar-refractivity contribution is 5.95. The van der Waals surface area contributed by atoms with Gasteiger partial charge in [0.2, 0.25) is 0 Å². The van der Waals surface area contributed by atoms with E-state index in [2.05, 4.69) is 23.5 Å². The Labute approximate surface area is 105 Å². The molecular weight excluding hydrogens is 225 g/mol. The molecule has 0 fully saturated rings. The Bertz CT molecular complexity index is 669. The fourth-order valence-electron chi connectivity index (χ4n) is 2.02. The Morgan fingerprint density at radius 2 is 1.44 bits per heavy atom. The Morgan fingerprint density at radius 3 is 2.28 bits per heavy atom. The highest BCUT2D eigenvalue weighted by atomic mass is 19.1. The van der Waals surface area contributed by atoms with Gasteiger partial charge in [0, 0.05) is 16.8 Å². The number of rotatable bonds is 2. The van der Waals surface area contributed by atoms with Gasteiger partial charge < -0.3 is 5.32 Å². The monoisotopic (exact) mass is 237 g/mol. The Morgan fingerprint density at radius 1 is 0.722 bits per heavy atom. The fourth-order valence-corrected chi connectivity index (χ4v) is 2.02. The van der Waals surface area contributed by atoms with Gasteiger partial charge in [-0.15, -0.1) is 0 Å². The lowest BCUT2D eigenvalue weighted by Gasteiger charge is -2.09. The zero-order chi connectivity index (χ0) is 12.4. The van der Waals surface area contributed by atoms with Crippen LogP contribution in [0.25, 0.3) is 10.8 Å². The fraction of sp³-hybridized carbons (Fsp3) is 0. The van der Waals surface area contributed by atoms with Crippen molar-refractivity contribution < 1.29 is 4.39 Å². The topological polar surface area (TPSA) is 12.0 Å².